The van der Waals surface area contributed by atoms with E-state index < -0.39 is 52.4 Å². The van der Waals surface area contributed by atoms with Crippen molar-refractivity contribution in [2.24, 2.45) is 7.05 Å². The third kappa shape index (κ3) is 13.1. The minimum atomic E-state index is -6.03. The predicted octanol–water partition coefficient (Wildman–Crippen LogP) is 10.0. The topological polar surface area (TPSA) is 177 Å². The summed E-state index contributed by atoms with van der Waals surface area (Å²) in [4.78, 5) is 18.9. The van der Waals surface area contributed by atoms with Gasteiger partial charge in [-0.1, -0.05) is 60.2 Å². The zero-order valence-electron chi connectivity index (χ0n) is 44.1. The minimum absolute atomic E-state index is 0.119. The number of nitrogens with zero attached hydrogens (tertiary/aromatic N) is 4. The summed E-state index contributed by atoms with van der Waals surface area (Å²) in [5.41, 5.74) is -0.978. The molecule has 5 N–H and O–H groups in total. The molecule has 0 bridgehead atoms. The number of thioether (sulfide) groups is 1. The highest BCUT2D eigenvalue weighted by molar-refractivity contribution is 8.00. The van der Waals surface area contributed by atoms with Gasteiger partial charge in [0.1, 0.15) is 4.90 Å². The van der Waals surface area contributed by atoms with Gasteiger partial charge in [-0.15, -0.1) is 0 Å². The monoisotopic (exact) mass is 1150 g/mol. The molecule has 4 aliphatic rings. The van der Waals surface area contributed by atoms with Crippen molar-refractivity contribution in [3.63, 3.8) is 0 Å². The second-order valence-corrected chi connectivity index (χ2v) is 26.8. The smallest absolute Gasteiger partial charge is 0.390 e. The number of allylic oxidation sites excluding steroid dienone is 3. The summed E-state index contributed by atoms with van der Waals surface area (Å²) in [5, 5.41) is 27.8. The van der Waals surface area contributed by atoms with Crippen LogP contribution in [-0.2, 0) is 26.9 Å². The number of rotatable bonds is 18. The summed E-state index contributed by atoms with van der Waals surface area (Å²) in [7, 11) is -8.68. The number of carbonyl (C=O) groups excluding carboxylic acids is 1. The van der Waals surface area contributed by atoms with Gasteiger partial charge in [0, 0.05) is 109 Å². The number of hydrogen-bond donors (Lipinski definition) is 5. The number of benzene rings is 4. The number of aromatic nitrogens is 1. The zero-order chi connectivity index (χ0) is 55.8. The molecule has 14 nitrogen and oxygen atoms in total. The molecule has 1 amide bonds. The predicted molar refractivity (Wildman–Crippen MR) is 306 cm³/mol. The molecule has 3 fully saturated rings. The molecule has 0 radical (unpaired) electrons. The molecule has 4 aromatic carbocycles. The van der Waals surface area contributed by atoms with E-state index in [4.69, 9.17) is 11.6 Å². The Morgan fingerprint density at radius 2 is 1.50 bits per heavy atom. The Labute approximate surface area is 464 Å². The maximum atomic E-state index is 14.4. The SMILES string of the molecule is Cc1c(C(=O)NC2CC(C)(O)C2)c(-c2cccc(N3CCN(c4ccc(NS(=O)(=O)c5ccc(N[C@H](CCN6CCC(C)(O)CC6)CSC6C=CC=CC6)c(S(=O)(=O)C(F)(F)F)c5)cc4)CC3)c2)c(-c2ccc(Cl)cc2)n1C. The van der Waals surface area contributed by atoms with Crippen molar-refractivity contribution in [2.75, 3.05) is 71.4 Å². The Morgan fingerprint density at radius 3 is 2.13 bits per heavy atom. The molecule has 2 aliphatic heterocycles. The molecule has 1 saturated carbocycles. The van der Waals surface area contributed by atoms with Crippen LogP contribution in [0.15, 0.2) is 125 Å². The van der Waals surface area contributed by atoms with Crippen LogP contribution in [0.2, 0.25) is 5.02 Å². The Morgan fingerprint density at radius 1 is 0.833 bits per heavy atom. The van der Waals surface area contributed by atoms with E-state index in [1.54, 1.807) is 49.9 Å². The Bertz CT molecular complexity index is 3270. The molecular weight excluding hydrogens is 1080 g/mol. The van der Waals surface area contributed by atoms with Gasteiger partial charge in [-0.2, -0.15) is 24.9 Å². The fraction of sp³-hybridized carbons (Fsp3) is 0.421. The number of halogens is 4. The second-order valence-electron chi connectivity index (χ2n) is 21.5. The molecule has 2 aliphatic carbocycles. The first-order valence-electron chi connectivity index (χ1n) is 26.2. The van der Waals surface area contributed by atoms with Crippen LogP contribution in [0.25, 0.3) is 22.4 Å². The molecule has 2 saturated heterocycles. The third-order valence-corrected chi connectivity index (χ3v) is 19.9. The summed E-state index contributed by atoms with van der Waals surface area (Å²) in [6, 6.07) is 24.4. The number of aliphatic hydroxyl groups is 2. The van der Waals surface area contributed by atoms with Crippen LogP contribution in [0.1, 0.15) is 68.4 Å². The first kappa shape index (κ1) is 57.2. The number of carbonyl (C=O) groups is 1. The lowest BCUT2D eigenvalue weighted by Crippen LogP contribution is -2.53. The molecule has 5 aromatic rings. The number of nitrogens with one attached hydrogen (secondary N) is 3. The van der Waals surface area contributed by atoms with Gasteiger partial charge in [0.25, 0.3) is 25.8 Å². The number of sulfonamides is 1. The number of anilines is 4. The Hall–Kier alpha value is -5.48. The van der Waals surface area contributed by atoms with Crippen LogP contribution < -0.4 is 25.2 Å². The van der Waals surface area contributed by atoms with Crippen molar-refractivity contribution >= 4 is 71.9 Å². The van der Waals surface area contributed by atoms with Crippen molar-refractivity contribution in [2.45, 2.75) is 103 Å². The fourth-order valence-electron chi connectivity index (χ4n) is 10.8. The van der Waals surface area contributed by atoms with Crippen molar-refractivity contribution in [3.8, 4) is 22.4 Å². The standard InChI is InChI=1S/C57H67ClF3N7O7S3/c1-38-51(54(69)63-44-35-56(3,71)36-44)52(53(65(38)4)39-13-15-41(58)16-14-39)40-9-8-10-46(33-40)68-31-29-67(30-32-68)45-19-17-42(18-20-45)64-78(74,75)48-21-22-49(50(34-48)77(72,73)57(59,60)61)62-43(37-76-47-11-6-5-7-12-47)23-26-66-27-24-55(2,70)25-28-66/h5-11,13-22,33-34,43-44,47,62,64,70-71H,12,23-32,35-37H2,1-4H3,(H,63,69)/t43-,44?,47?,56?/m1/s1. The van der Waals surface area contributed by atoms with Crippen LogP contribution in [0.5, 0.6) is 0 Å². The van der Waals surface area contributed by atoms with Crippen molar-refractivity contribution < 1.29 is 45.0 Å². The van der Waals surface area contributed by atoms with Crippen molar-refractivity contribution in [3.05, 3.63) is 132 Å². The van der Waals surface area contributed by atoms with Gasteiger partial charge >= 0.3 is 5.51 Å². The zero-order valence-corrected chi connectivity index (χ0v) is 47.3. The van der Waals surface area contributed by atoms with Crippen LogP contribution in [-0.4, -0.2) is 128 Å². The average Bonchev–Trinajstić information content (AvgIpc) is 3.77. The van der Waals surface area contributed by atoms with E-state index in [1.807, 2.05) is 85.3 Å². The van der Waals surface area contributed by atoms with Crippen LogP contribution >= 0.6 is 23.4 Å². The number of sulfone groups is 1. The molecule has 0 spiro atoms. The van der Waals surface area contributed by atoms with Gasteiger partial charge in [-0.3, -0.25) is 9.52 Å². The summed E-state index contributed by atoms with van der Waals surface area (Å²) in [6.45, 7) is 9.81. The van der Waals surface area contributed by atoms with E-state index in [0.717, 1.165) is 58.0 Å². The lowest BCUT2D eigenvalue weighted by atomic mass is 9.77. The lowest BCUT2D eigenvalue weighted by molar-refractivity contribution is -0.0436. The number of alkyl halides is 3. The summed E-state index contributed by atoms with van der Waals surface area (Å²) < 4.78 is 102. The highest BCUT2D eigenvalue weighted by Crippen LogP contribution is 2.42. The van der Waals surface area contributed by atoms with Crippen molar-refractivity contribution in [1.82, 2.24) is 14.8 Å². The largest absolute Gasteiger partial charge is 0.501 e. The van der Waals surface area contributed by atoms with E-state index in [-0.39, 0.29) is 28.6 Å². The van der Waals surface area contributed by atoms with E-state index in [0.29, 0.717) is 100 Å². The van der Waals surface area contributed by atoms with Gasteiger partial charge in [-0.25, -0.2) is 16.8 Å². The van der Waals surface area contributed by atoms with Gasteiger partial charge in [0.15, 0.2) is 0 Å². The van der Waals surface area contributed by atoms with Gasteiger partial charge in [0.2, 0.25) is 0 Å². The molecular formula is C57H67ClF3N7O7S3. The Balaban J connectivity index is 0.886. The molecule has 21 heteroatoms. The Kier molecular flexibility index (Phi) is 16.8. The van der Waals surface area contributed by atoms with E-state index >= 15 is 0 Å². The van der Waals surface area contributed by atoms with E-state index in [9.17, 15) is 45.0 Å². The van der Waals surface area contributed by atoms with E-state index in [2.05, 4.69) is 36.1 Å². The maximum absolute atomic E-state index is 14.4. The molecule has 1 aromatic heterocycles. The third-order valence-electron chi connectivity index (χ3n) is 15.4. The molecule has 2 atom stereocenters. The number of amides is 1. The summed E-state index contributed by atoms with van der Waals surface area (Å²) in [5.74, 6) is 0.223. The highest BCUT2D eigenvalue weighted by atomic mass is 35.5. The molecule has 418 valence electrons. The van der Waals surface area contributed by atoms with Gasteiger partial charge < -0.3 is 40.1 Å². The maximum Gasteiger partial charge on any atom is 0.501 e. The number of likely N-dealkylation sites (tertiary alicyclic amines) is 1. The van der Waals surface area contributed by atoms with Crippen LogP contribution in [0.3, 0.4) is 0 Å². The quantitative estimate of drug-likeness (QED) is 0.0562. The number of piperidine rings is 1. The first-order valence-corrected chi connectivity index (χ1v) is 30.6. The average molecular weight is 1150 g/mol. The lowest BCUT2D eigenvalue weighted by Gasteiger charge is -2.41. The number of piperazine rings is 1. The number of hydrogen-bond acceptors (Lipinski definition) is 12. The first-order chi connectivity index (χ1) is 36.9. The van der Waals surface area contributed by atoms with Crippen LogP contribution in [0.4, 0.5) is 35.9 Å². The molecule has 1 unspecified atom stereocenters. The highest BCUT2D eigenvalue weighted by Gasteiger charge is 2.49. The van der Waals surface area contributed by atoms with Gasteiger partial charge in [0.05, 0.1) is 33.0 Å². The van der Waals surface area contributed by atoms with Crippen LogP contribution in [0, 0.1) is 6.92 Å². The summed E-state index contributed by atoms with van der Waals surface area (Å²) in [6.07, 6.45) is 11.2. The fourth-order valence-corrected chi connectivity index (χ4v) is 14.2. The summed E-state index contributed by atoms with van der Waals surface area (Å²) >= 11 is 7.90. The normalized spacial score (nSPS) is 21.3. The second kappa shape index (κ2) is 22.9. The van der Waals surface area contributed by atoms with Gasteiger partial charge in [-0.05, 0) is 137 Å². The molecule has 9 rings (SSSR count). The minimum Gasteiger partial charge on any atom is -0.390 e. The van der Waals surface area contributed by atoms with Crippen molar-refractivity contribution in [1.29, 1.82) is 0 Å². The molecule has 78 heavy (non-hydrogen) atoms. The molecule has 3 heterocycles. The van der Waals surface area contributed by atoms with E-state index in [1.165, 1.54) is 0 Å².